The number of halogens is 1. The van der Waals surface area contributed by atoms with Gasteiger partial charge in [-0.2, -0.15) is 0 Å². The van der Waals surface area contributed by atoms with E-state index in [2.05, 4.69) is 23.7 Å². The Morgan fingerprint density at radius 3 is 2.38 bits per heavy atom. The fourth-order valence-electron chi connectivity index (χ4n) is 2.22. The van der Waals surface area contributed by atoms with E-state index in [-0.39, 0.29) is 6.61 Å². The highest BCUT2D eigenvalue weighted by Gasteiger charge is 2.28. The van der Waals surface area contributed by atoms with Crippen LogP contribution in [0, 0.1) is 23.7 Å². The molecular formula is C17H19ClNO2+. The standard InChI is InChI=1S/C17H19ClNO2/c18-17-7-5-16(6-8-17)4-3-10-19(9-1-2-13-20)11-14-21-15-12-19/h5-8,20H,9-15H2/q+1. The summed E-state index contributed by atoms with van der Waals surface area (Å²) in [4.78, 5) is 0. The first-order chi connectivity index (χ1) is 10.2. The van der Waals surface area contributed by atoms with Crippen LogP contribution >= 0.6 is 11.6 Å². The number of hydrogen-bond acceptors (Lipinski definition) is 2. The number of ether oxygens (including phenoxy) is 1. The van der Waals surface area contributed by atoms with Crippen LogP contribution in [-0.2, 0) is 4.74 Å². The first kappa shape index (κ1) is 15.9. The molecule has 21 heavy (non-hydrogen) atoms. The van der Waals surface area contributed by atoms with Gasteiger partial charge in [-0.1, -0.05) is 23.4 Å². The lowest BCUT2D eigenvalue weighted by Crippen LogP contribution is -2.55. The van der Waals surface area contributed by atoms with E-state index in [0.717, 1.165) is 47.9 Å². The highest BCUT2D eigenvalue weighted by Crippen LogP contribution is 2.11. The summed E-state index contributed by atoms with van der Waals surface area (Å²) in [6.45, 7) is 4.66. The summed E-state index contributed by atoms with van der Waals surface area (Å²) >= 11 is 5.86. The van der Waals surface area contributed by atoms with Gasteiger partial charge >= 0.3 is 0 Å². The second-order valence-corrected chi connectivity index (χ2v) is 5.47. The highest BCUT2D eigenvalue weighted by atomic mass is 35.5. The van der Waals surface area contributed by atoms with Crippen molar-refractivity contribution in [2.75, 3.05) is 46.0 Å². The van der Waals surface area contributed by atoms with Crippen molar-refractivity contribution in [1.29, 1.82) is 0 Å². The second kappa shape index (κ2) is 8.08. The predicted octanol–water partition coefficient (Wildman–Crippen LogP) is 1.53. The van der Waals surface area contributed by atoms with Gasteiger partial charge in [0.15, 0.2) is 0 Å². The van der Waals surface area contributed by atoms with E-state index < -0.39 is 0 Å². The molecule has 0 spiro atoms. The maximum atomic E-state index is 8.78. The summed E-state index contributed by atoms with van der Waals surface area (Å²) < 4.78 is 6.25. The quantitative estimate of drug-likeness (QED) is 0.663. The predicted molar refractivity (Wildman–Crippen MR) is 83.7 cm³/mol. The second-order valence-electron chi connectivity index (χ2n) is 5.04. The van der Waals surface area contributed by atoms with E-state index in [1.165, 1.54) is 0 Å². The van der Waals surface area contributed by atoms with Crippen LogP contribution < -0.4 is 0 Å². The molecular weight excluding hydrogens is 286 g/mol. The molecule has 0 saturated carbocycles. The SMILES string of the molecule is OCC#CC[N+]1(CC#Cc2ccc(Cl)cc2)CCOCC1. The average Bonchev–Trinajstić information content (AvgIpc) is 2.51. The number of morpholine rings is 1. The lowest BCUT2D eigenvalue weighted by molar-refractivity contribution is -0.922. The molecule has 1 aromatic rings. The Morgan fingerprint density at radius 2 is 1.71 bits per heavy atom. The van der Waals surface area contributed by atoms with Gasteiger partial charge in [0, 0.05) is 10.6 Å². The Morgan fingerprint density at radius 1 is 1.05 bits per heavy atom. The monoisotopic (exact) mass is 304 g/mol. The number of rotatable bonds is 2. The average molecular weight is 305 g/mol. The maximum absolute atomic E-state index is 8.78. The third kappa shape index (κ3) is 5.08. The minimum Gasteiger partial charge on any atom is -0.384 e. The summed E-state index contributed by atoms with van der Waals surface area (Å²) in [5, 5.41) is 9.50. The van der Waals surface area contributed by atoms with Crippen LogP contribution in [0.1, 0.15) is 5.56 Å². The molecule has 4 heteroatoms. The van der Waals surface area contributed by atoms with Gasteiger partial charge in [0.1, 0.15) is 32.8 Å². The van der Waals surface area contributed by atoms with Crippen molar-refractivity contribution in [3.05, 3.63) is 34.9 Å². The Bertz CT molecular complexity index is 569. The van der Waals surface area contributed by atoms with E-state index in [4.69, 9.17) is 21.4 Å². The number of benzene rings is 1. The highest BCUT2D eigenvalue weighted by molar-refractivity contribution is 6.30. The lowest BCUT2D eigenvalue weighted by Gasteiger charge is -2.38. The van der Waals surface area contributed by atoms with Gasteiger partial charge in [0.25, 0.3) is 0 Å². The van der Waals surface area contributed by atoms with Crippen LogP contribution in [0.15, 0.2) is 24.3 Å². The summed E-state index contributed by atoms with van der Waals surface area (Å²) in [5.74, 6) is 12.2. The molecule has 1 N–H and O–H groups in total. The largest absolute Gasteiger partial charge is 0.384 e. The molecule has 0 radical (unpaired) electrons. The van der Waals surface area contributed by atoms with Crippen LogP contribution in [0.2, 0.25) is 5.02 Å². The van der Waals surface area contributed by atoms with Crippen molar-refractivity contribution in [3.63, 3.8) is 0 Å². The third-order valence-electron chi connectivity index (χ3n) is 3.53. The first-order valence-corrected chi connectivity index (χ1v) is 7.36. The van der Waals surface area contributed by atoms with Crippen molar-refractivity contribution in [2.24, 2.45) is 0 Å². The van der Waals surface area contributed by atoms with Crippen LogP contribution in [0.5, 0.6) is 0 Å². The van der Waals surface area contributed by atoms with Crippen molar-refractivity contribution in [2.45, 2.75) is 0 Å². The Kier molecular flexibility index (Phi) is 6.11. The third-order valence-corrected chi connectivity index (χ3v) is 3.78. The molecule has 2 rings (SSSR count). The first-order valence-electron chi connectivity index (χ1n) is 6.98. The zero-order chi connectivity index (χ0) is 15.0. The van der Waals surface area contributed by atoms with E-state index in [1.54, 1.807) is 0 Å². The molecule has 1 aromatic carbocycles. The zero-order valence-corrected chi connectivity index (χ0v) is 12.7. The van der Waals surface area contributed by atoms with Crippen molar-refractivity contribution < 1.29 is 14.3 Å². The molecule has 0 aromatic heterocycles. The van der Waals surface area contributed by atoms with Crippen LogP contribution in [0.4, 0.5) is 0 Å². The number of nitrogens with zero attached hydrogens (tertiary/aromatic N) is 1. The molecule has 0 unspecified atom stereocenters. The number of hydrogen-bond donors (Lipinski definition) is 1. The summed E-state index contributed by atoms with van der Waals surface area (Å²) in [6, 6.07) is 7.53. The Labute approximate surface area is 131 Å². The minimum absolute atomic E-state index is 0.0903. The van der Waals surface area contributed by atoms with Crippen LogP contribution in [0.25, 0.3) is 0 Å². The van der Waals surface area contributed by atoms with Gasteiger partial charge in [-0.05, 0) is 36.1 Å². The van der Waals surface area contributed by atoms with Crippen molar-refractivity contribution in [3.8, 4) is 23.7 Å². The van der Waals surface area contributed by atoms with Crippen molar-refractivity contribution in [1.82, 2.24) is 0 Å². The molecule has 0 amide bonds. The number of aliphatic hydroxyl groups is 1. The smallest absolute Gasteiger partial charge is 0.142 e. The molecule has 0 bridgehead atoms. The zero-order valence-electron chi connectivity index (χ0n) is 11.9. The topological polar surface area (TPSA) is 29.5 Å². The normalized spacial score (nSPS) is 16.3. The molecule has 1 aliphatic rings. The molecule has 0 aliphatic carbocycles. The molecule has 3 nitrogen and oxygen atoms in total. The fraction of sp³-hybridized carbons (Fsp3) is 0.412. The van der Waals surface area contributed by atoms with Gasteiger partial charge in [0.2, 0.25) is 0 Å². The van der Waals surface area contributed by atoms with E-state index in [0.29, 0.717) is 6.54 Å². The van der Waals surface area contributed by atoms with Crippen molar-refractivity contribution >= 4 is 11.6 Å². The molecule has 0 atom stereocenters. The fourth-order valence-corrected chi connectivity index (χ4v) is 2.35. The molecule has 1 saturated heterocycles. The Hall–Kier alpha value is -1.49. The van der Waals surface area contributed by atoms with E-state index in [1.807, 2.05) is 24.3 Å². The molecule has 1 heterocycles. The van der Waals surface area contributed by atoms with Gasteiger partial charge in [0.05, 0.1) is 13.2 Å². The maximum Gasteiger partial charge on any atom is 0.142 e. The van der Waals surface area contributed by atoms with Crippen LogP contribution in [-0.4, -0.2) is 55.6 Å². The molecule has 1 aliphatic heterocycles. The summed E-state index contributed by atoms with van der Waals surface area (Å²) in [6.07, 6.45) is 0. The summed E-state index contributed by atoms with van der Waals surface area (Å²) in [5.41, 5.74) is 0.965. The summed E-state index contributed by atoms with van der Waals surface area (Å²) in [7, 11) is 0. The number of aliphatic hydroxyl groups excluding tert-OH is 1. The van der Waals surface area contributed by atoms with E-state index in [9.17, 15) is 0 Å². The minimum atomic E-state index is -0.0903. The lowest BCUT2D eigenvalue weighted by atomic mass is 10.2. The molecule has 110 valence electrons. The van der Waals surface area contributed by atoms with Gasteiger partial charge in [-0.25, -0.2) is 0 Å². The Balaban J connectivity index is 2.03. The van der Waals surface area contributed by atoms with Gasteiger partial charge < -0.3 is 9.84 Å². The molecule has 1 fully saturated rings. The van der Waals surface area contributed by atoms with Gasteiger partial charge in [-0.15, -0.1) is 0 Å². The number of quaternary nitrogens is 1. The van der Waals surface area contributed by atoms with E-state index >= 15 is 0 Å². The van der Waals surface area contributed by atoms with Crippen LogP contribution in [0.3, 0.4) is 0 Å². The van der Waals surface area contributed by atoms with Gasteiger partial charge in [-0.3, -0.25) is 4.48 Å².